The zero-order valence-corrected chi connectivity index (χ0v) is 14.4. The number of para-hydroxylation sites is 1. The van der Waals surface area contributed by atoms with Crippen molar-refractivity contribution in [2.75, 3.05) is 18.5 Å². The predicted molar refractivity (Wildman–Crippen MR) is 93.1 cm³/mol. The van der Waals surface area contributed by atoms with Gasteiger partial charge >= 0.3 is 5.97 Å². The molecule has 0 bridgehead atoms. The molecule has 0 saturated carbocycles. The number of carbonyl (C=O) groups is 4. The molecule has 1 aromatic rings. The summed E-state index contributed by atoms with van der Waals surface area (Å²) in [6, 6.07) is 6.44. The highest BCUT2D eigenvalue weighted by molar-refractivity contribution is 6.09. The summed E-state index contributed by atoms with van der Waals surface area (Å²) in [6.07, 6.45) is 4.84. The minimum atomic E-state index is -0.547. The summed E-state index contributed by atoms with van der Waals surface area (Å²) in [5, 5.41) is 2.60. The van der Waals surface area contributed by atoms with Gasteiger partial charge in [-0.1, -0.05) is 24.3 Å². The Hall–Kier alpha value is -2.96. The van der Waals surface area contributed by atoms with Crippen molar-refractivity contribution in [1.82, 2.24) is 4.90 Å². The van der Waals surface area contributed by atoms with Crippen LogP contribution in [-0.2, 0) is 19.1 Å². The number of nitrogens with zero attached hydrogens (tertiary/aromatic N) is 1. The van der Waals surface area contributed by atoms with Gasteiger partial charge in [0, 0.05) is 0 Å². The summed E-state index contributed by atoms with van der Waals surface area (Å²) < 4.78 is 4.97. The van der Waals surface area contributed by atoms with E-state index >= 15 is 0 Å². The molecule has 136 valence electrons. The van der Waals surface area contributed by atoms with E-state index in [1.807, 2.05) is 12.2 Å². The molecule has 1 heterocycles. The number of allylic oxidation sites excluding steroid dienone is 2. The number of hydrogen-bond acceptors (Lipinski definition) is 5. The second-order valence-corrected chi connectivity index (χ2v) is 6.23. The van der Waals surface area contributed by atoms with Crippen LogP contribution >= 0.6 is 0 Å². The van der Waals surface area contributed by atoms with Crippen LogP contribution in [0.1, 0.15) is 30.1 Å². The highest BCUT2D eigenvalue weighted by atomic mass is 16.5. The van der Waals surface area contributed by atoms with Crippen molar-refractivity contribution >= 4 is 29.4 Å². The maximum atomic E-state index is 12.4. The number of benzene rings is 1. The van der Waals surface area contributed by atoms with Crippen LogP contribution in [0.5, 0.6) is 0 Å². The Morgan fingerprint density at radius 1 is 1.12 bits per heavy atom. The lowest BCUT2D eigenvalue weighted by Crippen LogP contribution is -2.38. The van der Waals surface area contributed by atoms with Crippen LogP contribution in [0.15, 0.2) is 36.4 Å². The van der Waals surface area contributed by atoms with Gasteiger partial charge in [-0.15, -0.1) is 0 Å². The van der Waals surface area contributed by atoms with Crippen molar-refractivity contribution in [3.63, 3.8) is 0 Å². The molecule has 1 N–H and O–H groups in total. The number of nitrogens with one attached hydrogen (secondary N) is 1. The van der Waals surface area contributed by atoms with Crippen LogP contribution in [0.4, 0.5) is 5.69 Å². The van der Waals surface area contributed by atoms with Gasteiger partial charge < -0.3 is 10.1 Å². The molecule has 7 heteroatoms. The lowest BCUT2D eigenvalue weighted by Gasteiger charge is -2.15. The zero-order chi connectivity index (χ0) is 18.7. The van der Waals surface area contributed by atoms with Crippen LogP contribution < -0.4 is 5.32 Å². The van der Waals surface area contributed by atoms with E-state index < -0.39 is 11.9 Å². The number of ether oxygens (including phenoxy) is 1. The van der Waals surface area contributed by atoms with Gasteiger partial charge in [0.05, 0.1) is 29.7 Å². The van der Waals surface area contributed by atoms with E-state index in [-0.39, 0.29) is 48.1 Å². The van der Waals surface area contributed by atoms with Crippen molar-refractivity contribution in [2.24, 2.45) is 11.8 Å². The lowest BCUT2D eigenvalue weighted by atomic mass is 9.85. The highest BCUT2D eigenvalue weighted by Gasteiger charge is 2.47. The molecule has 3 amide bonds. The Balaban J connectivity index is 1.69. The number of anilines is 1. The van der Waals surface area contributed by atoms with Crippen molar-refractivity contribution in [2.45, 2.75) is 19.8 Å². The Kier molecular flexibility index (Phi) is 5.16. The molecule has 3 rings (SSSR count). The first-order valence-electron chi connectivity index (χ1n) is 8.59. The summed E-state index contributed by atoms with van der Waals surface area (Å²) >= 11 is 0. The fourth-order valence-corrected chi connectivity index (χ4v) is 3.34. The van der Waals surface area contributed by atoms with Gasteiger partial charge in [-0.05, 0) is 31.9 Å². The number of carbonyl (C=O) groups excluding carboxylic acids is 4. The van der Waals surface area contributed by atoms with Crippen molar-refractivity contribution in [3.05, 3.63) is 42.0 Å². The summed E-state index contributed by atoms with van der Waals surface area (Å²) in [5.41, 5.74) is 0.508. The maximum Gasteiger partial charge on any atom is 0.340 e. The third-order valence-corrected chi connectivity index (χ3v) is 4.60. The average Bonchev–Trinajstić information content (AvgIpc) is 2.88. The number of imide groups is 1. The Morgan fingerprint density at radius 3 is 2.35 bits per heavy atom. The smallest absolute Gasteiger partial charge is 0.340 e. The number of amides is 3. The first-order chi connectivity index (χ1) is 12.5. The minimum Gasteiger partial charge on any atom is -0.462 e. The average molecular weight is 356 g/mol. The second kappa shape index (κ2) is 7.51. The standard InChI is InChI=1S/C19H20N2O5/c1-2-26-19(25)14-9-5-6-10-15(14)20-16(22)11-21-17(23)12-7-3-4-8-13(12)18(21)24/h3-6,9-10,12-13H,2,7-8,11H2,1H3,(H,20,22)/t12-,13-/m1/s1. The molecule has 1 fully saturated rings. The molecule has 26 heavy (non-hydrogen) atoms. The molecule has 0 spiro atoms. The van der Waals surface area contributed by atoms with E-state index in [0.29, 0.717) is 12.8 Å². The second-order valence-electron chi connectivity index (χ2n) is 6.23. The molecule has 1 aliphatic carbocycles. The molecule has 0 aromatic heterocycles. The number of fused-ring (bicyclic) bond motifs is 1. The Morgan fingerprint density at radius 2 is 1.73 bits per heavy atom. The van der Waals surface area contributed by atoms with Crippen LogP contribution in [0.3, 0.4) is 0 Å². The Bertz CT molecular complexity index is 760. The van der Waals surface area contributed by atoms with Gasteiger partial charge in [0.15, 0.2) is 0 Å². The first kappa shape index (κ1) is 17.8. The normalized spacial score (nSPS) is 21.5. The van der Waals surface area contributed by atoms with E-state index in [9.17, 15) is 19.2 Å². The summed E-state index contributed by atoms with van der Waals surface area (Å²) in [6.45, 7) is 1.55. The minimum absolute atomic E-state index is 0.217. The van der Waals surface area contributed by atoms with Gasteiger partial charge in [-0.2, -0.15) is 0 Å². The van der Waals surface area contributed by atoms with Crippen molar-refractivity contribution in [3.8, 4) is 0 Å². The van der Waals surface area contributed by atoms with Gasteiger partial charge in [0.2, 0.25) is 17.7 Å². The van der Waals surface area contributed by atoms with Crippen molar-refractivity contribution < 1.29 is 23.9 Å². The molecule has 2 aliphatic rings. The monoisotopic (exact) mass is 356 g/mol. The SMILES string of the molecule is CCOC(=O)c1ccccc1NC(=O)CN1C(=O)[C@@H]2CC=CC[C@H]2C1=O. The summed E-state index contributed by atoms with van der Waals surface area (Å²) in [7, 11) is 0. The highest BCUT2D eigenvalue weighted by Crippen LogP contribution is 2.34. The number of rotatable bonds is 5. The number of esters is 1. The van der Waals surface area contributed by atoms with E-state index in [1.54, 1.807) is 31.2 Å². The number of likely N-dealkylation sites (tertiary alicyclic amines) is 1. The fourth-order valence-electron chi connectivity index (χ4n) is 3.34. The lowest BCUT2D eigenvalue weighted by molar-refractivity contribution is -0.142. The molecule has 0 radical (unpaired) electrons. The maximum absolute atomic E-state index is 12.4. The third kappa shape index (κ3) is 3.37. The molecule has 7 nitrogen and oxygen atoms in total. The molecule has 1 saturated heterocycles. The van der Waals surface area contributed by atoms with Gasteiger partial charge in [-0.3, -0.25) is 19.3 Å². The van der Waals surface area contributed by atoms with Gasteiger partial charge in [0.25, 0.3) is 0 Å². The molecule has 2 atom stereocenters. The molecule has 1 aromatic carbocycles. The first-order valence-corrected chi connectivity index (χ1v) is 8.59. The van der Waals surface area contributed by atoms with Crippen LogP contribution in [0, 0.1) is 11.8 Å². The predicted octanol–water partition coefficient (Wildman–Crippen LogP) is 1.75. The largest absolute Gasteiger partial charge is 0.462 e. The van der Waals surface area contributed by atoms with E-state index in [0.717, 1.165) is 4.90 Å². The topological polar surface area (TPSA) is 92.8 Å². The third-order valence-electron chi connectivity index (χ3n) is 4.60. The van der Waals surface area contributed by atoms with Crippen LogP contribution in [0.2, 0.25) is 0 Å². The van der Waals surface area contributed by atoms with Crippen LogP contribution in [-0.4, -0.2) is 41.7 Å². The number of hydrogen-bond donors (Lipinski definition) is 1. The van der Waals surface area contributed by atoms with Gasteiger partial charge in [0.1, 0.15) is 6.54 Å². The van der Waals surface area contributed by atoms with E-state index in [4.69, 9.17) is 4.74 Å². The summed E-state index contributed by atoms with van der Waals surface area (Å²) in [4.78, 5) is 50.2. The van der Waals surface area contributed by atoms with Gasteiger partial charge in [-0.25, -0.2) is 4.79 Å². The van der Waals surface area contributed by atoms with Crippen LogP contribution in [0.25, 0.3) is 0 Å². The van der Waals surface area contributed by atoms with E-state index in [2.05, 4.69) is 5.32 Å². The fraction of sp³-hybridized carbons (Fsp3) is 0.368. The Labute approximate surface area is 151 Å². The van der Waals surface area contributed by atoms with Crippen molar-refractivity contribution in [1.29, 1.82) is 0 Å². The zero-order valence-electron chi connectivity index (χ0n) is 14.4. The quantitative estimate of drug-likeness (QED) is 0.493. The summed E-state index contributed by atoms with van der Waals surface area (Å²) in [5.74, 6) is -2.43. The molecular formula is C19H20N2O5. The molecule has 1 aliphatic heterocycles. The van der Waals surface area contributed by atoms with E-state index in [1.165, 1.54) is 0 Å². The molecule has 0 unspecified atom stereocenters. The molecular weight excluding hydrogens is 336 g/mol.